The Morgan fingerprint density at radius 2 is 2.22 bits per heavy atom. The van der Waals surface area contributed by atoms with Crippen molar-refractivity contribution in [2.75, 3.05) is 31.7 Å². The molecule has 0 radical (unpaired) electrons. The van der Waals surface area contributed by atoms with Crippen molar-refractivity contribution in [1.82, 2.24) is 0 Å². The third-order valence-corrected chi connectivity index (χ3v) is 3.15. The van der Waals surface area contributed by atoms with Crippen molar-refractivity contribution in [3.63, 3.8) is 0 Å². The molecule has 5 heteroatoms. The number of benzene rings is 1. The summed E-state index contributed by atoms with van der Waals surface area (Å²) in [6.07, 6.45) is 0. The van der Waals surface area contributed by atoms with Gasteiger partial charge in [0.25, 0.3) is 0 Å². The number of nitrogens with one attached hydrogen (secondary N) is 1. The van der Waals surface area contributed by atoms with Gasteiger partial charge in [0.2, 0.25) is 0 Å². The topological polar surface area (TPSA) is 47.6 Å². The lowest BCUT2D eigenvalue weighted by Crippen LogP contribution is -2.16. The van der Waals surface area contributed by atoms with Gasteiger partial charge in [0.05, 0.1) is 13.2 Å². The Morgan fingerprint density at radius 1 is 1.44 bits per heavy atom. The van der Waals surface area contributed by atoms with Crippen LogP contribution in [0.2, 0.25) is 0 Å². The van der Waals surface area contributed by atoms with Gasteiger partial charge in [-0.1, -0.05) is 15.9 Å². The van der Waals surface area contributed by atoms with Gasteiger partial charge < -0.3 is 14.8 Å². The average molecular weight is 316 g/mol. The highest BCUT2D eigenvalue weighted by molar-refractivity contribution is 9.10. The minimum Gasteiger partial charge on any atom is -0.464 e. The summed E-state index contributed by atoms with van der Waals surface area (Å²) < 4.78 is 11.0. The van der Waals surface area contributed by atoms with Gasteiger partial charge in [0.15, 0.2) is 0 Å². The molecule has 1 aromatic rings. The molecular weight excluding hydrogens is 298 g/mol. The Balaban J connectivity index is 2.18. The summed E-state index contributed by atoms with van der Waals surface area (Å²) >= 11 is 3.45. The fourth-order valence-corrected chi connectivity index (χ4v) is 1.63. The van der Waals surface area contributed by atoms with Gasteiger partial charge in [-0.05, 0) is 37.6 Å². The first-order valence-corrected chi connectivity index (χ1v) is 6.66. The Kier molecular flexibility index (Phi) is 6.75. The molecule has 0 aliphatic heterocycles. The molecule has 100 valence electrons. The summed E-state index contributed by atoms with van der Waals surface area (Å²) in [6, 6.07) is 6.04. The Bertz CT molecular complexity index is 396. The van der Waals surface area contributed by atoms with Crippen LogP contribution in [0.5, 0.6) is 0 Å². The van der Waals surface area contributed by atoms with Crippen LogP contribution in [-0.4, -0.2) is 32.3 Å². The second-order valence-corrected chi connectivity index (χ2v) is 4.60. The summed E-state index contributed by atoms with van der Waals surface area (Å²) in [7, 11) is 0. The van der Waals surface area contributed by atoms with Crippen molar-refractivity contribution in [1.29, 1.82) is 0 Å². The molecule has 18 heavy (non-hydrogen) atoms. The fourth-order valence-electron chi connectivity index (χ4n) is 1.38. The van der Waals surface area contributed by atoms with E-state index in [1.807, 2.05) is 19.1 Å². The maximum absolute atomic E-state index is 11.0. The minimum atomic E-state index is -0.322. The Labute approximate surface area is 116 Å². The number of hydrogen-bond acceptors (Lipinski definition) is 4. The molecule has 0 amide bonds. The quantitative estimate of drug-likeness (QED) is 0.621. The number of rotatable bonds is 7. The molecule has 0 saturated carbocycles. The normalized spacial score (nSPS) is 10.2. The summed E-state index contributed by atoms with van der Waals surface area (Å²) in [6.45, 7) is 5.32. The first kappa shape index (κ1) is 15.0. The van der Waals surface area contributed by atoms with E-state index in [0.717, 1.165) is 10.2 Å². The zero-order chi connectivity index (χ0) is 13.4. The molecule has 1 N–H and O–H groups in total. The molecule has 0 aliphatic rings. The molecule has 1 aromatic carbocycles. The molecule has 4 nitrogen and oxygen atoms in total. The predicted molar refractivity (Wildman–Crippen MR) is 74.8 cm³/mol. The van der Waals surface area contributed by atoms with Crippen LogP contribution < -0.4 is 5.32 Å². The van der Waals surface area contributed by atoms with Gasteiger partial charge in [-0.2, -0.15) is 0 Å². The van der Waals surface area contributed by atoms with E-state index in [2.05, 4.69) is 27.3 Å². The molecular formula is C13H18BrNO3. The molecule has 0 aromatic heterocycles. The van der Waals surface area contributed by atoms with Crippen LogP contribution >= 0.6 is 15.9 Å². The van der Waals surface area contributed by atoms with E-state index in [1.54, 1.807) is 6.92 Å². The van der Waals surface area contributed by atoms with E-state index in [0.29, 0.717) is 19.8 Å². The van der Waals surface area contributed by atoms with E-state index in [1.165, 1.54) is 5.56 Å². The van der Waals surface area contributed by atoms with Crippen LogP contribution in [0.3, 0.4) is 0 Å². The number of hydrogen-bond donors (Lipinski definition) is 1. The van der Waals surface area contributed by atoms with Gasteiger partial charge >= 0.3 is 5.97 Å². The van der Waals surface area contributed by atoms with Gasteiger partial charge in [-0.3, -0.25) is 0 Å². The Morgan fingerprint density at radius 3 is 2.89 bits per heavy atom. The van der Waals surface area contributed by atoms with E-state index in [9.17, 15) is 4.79 Å². The van der Waals surface area contributed by atoms with Crippen molar-refractivity contribution < 1.29 is 14.3 Å². The standard InChI is InChI=1S/C13H18BrNO3/c1-3-18-13(16)9-17-7-6-15-11-4-5-12(14)10(2)8-11/h4-5,8,15H,3,6-7,9H2,1-2H3. The van der Waals surface area contributed by atoms with Crippen molar-refractivity contribution in [3.8, 4) is 0 Å². The predicted octanol–water partition coefficient (Wildman–Crippen LogP) is 2.75. The number of halogens is 1. The third-order valence-electron chi connectivity index (χ3n) is 2.26. The van der Waals surface area contributed by atoms with E-state index in [4.69, 9.17) is 9.47 Å². The van der Waals surface area contributed by atoms with E-state index in [-0.39, 0.29) is 12.6 Å². The second-order valence-electron chi connectivity index (χ2n) is 3.75. The zero-order valence-corrected chi connectivity index (χ0v) is 12.2. The number of carbonyl (C=O) groups excluding carboxylic acids is 1. The summed E-state index contributed by atoms with van der Waals surface area (Å²) in [5.74, 6) is -0.322. The lowest BCUT2D eigenvalue weighted by Gasteiger charge is -2.08. The largest absolute Gasteiger partial charge is 0.464 e. The number of aryl methyl sites for hydroxylation is 1. The van der Waals surface area contributed by atoms with E-state index < -0.39 is 0 Å². The first-order valence-electron chi connectivity index (χ1n) is 5.87. The summed E-state index contributed by atoms with van der Waals surface area (Å²) in [4.78, 5) is 11.0. The number of anilines is 1. The number of carbonyl (C=O) groups is 1. The highest BCUT2D eigenvalue weighted by Crippen LogP contribution is 2.19. The molecule has 0 fully saturated rings. The van der Waals surface area contributed by atoms with Crippen LogP contribution in [0.4, 0.5) is 5.69 Å². The van der Waals surface area contributed by atoms with E-state index >= 15 is 0 Å². The molecule has 0 spiro atoms. The van der Waals surface area contributed by atoms with Gasteiger partial charge in [0, 0.05) is 16.7 Å². The summed E-state index contributed by atoms with van der Waals surface area (Å²) in [5, 5.41) is 3.22. The smallest absolute Gasteiger partial charge is 0.332 e. The molecule has 0 unspecified atom stereocenters. The van der Waals surface area contributed by atoms with Crippen LogP contribution in [0.15, 0.2) is 22.7 Å². The van der Waals surface area contributed by atoms with Gasteiger partial charge in [-0.15, -0.1) is 0 Å². The third kappa shape index (κ3) is 5.51. The lowest BCUT2D eigenvalue weighted by molar-refractivity contribution is -0.148. The molecule has 0 heterocycles. The van der Waals surface area contributed by atoms with Crippen molar-refractivity contribution >= 4 is 27.6 Å². The molecule has 1 rings (SSSR count). The summed E-state index contributed by atoms with van der Waals surface area (Å²) in [5.41, 5.74) is 2.21. The second kappa shape index (κ2) is 8.11. The maximum atomic E-state index is 11.0. The fraction of sp³-hybridized carbons (Fsp3) is 0.462. The Hall–Kier alpha value is -1.07. The van der Waals surface area contributed by atoms with Crippen molar-refractivity contribution in [2.45, 2.75) is 13.8 Å². The SMILES string of the molecule is CCOC(=O)COCCNc1ccc(Br)c(C)c1. The minimum absolute atomic E-state index is 0.00882. The zero-order valence-electron chi connectivity index (χ0n) is 10.7. The molecule has 0 bridgehead atoms. The van der Waals surface area contributed by atoms with Crippen molar-refractivity contribution in [2.24, 2.45) is 0 Å². The average Bonchev–Trinajstić information content (AvgIpc) is 2.33. The van der Waals surface area contributed by atoms with Crippen molar-refractivity contribution in [3.05, 3.63) is 28.2 Å². The monoisotopic (exact) mass is 315 g/mol. The van der Waals surface area contributed by atoms with Crippen LogP contribution in [0, 0.1) is 6.92 Å². The molecule has 0 saturated heterocycles. The molecule has 0 atom stereocenters. The van der Waals surface area contributed by atoms with Crippen LogP contribution in [0.1, 0.15) is 12.5 Å². The number of esters is 1. The molecule has 0 aliphatic carbocycles. The first-order chi connectivity index (χ1) is 8.63. The van der Waals surface area contributed by atoms with Gasteiger partial charge in [0.1, 0.15) is 6.61 Å². The highest BCUT2D eigenvalue weighted by Gasteiger charge is 2.01. The van der Waals surface area contributed by atoms with Crippen LogP contribution in [-0.2, 0) is 14.3 Å². The maximum Gasteiger partial charge on any atom is 0.332 e. The van der Waals surface area contributed by atoms with Gasteiger partial charge in [-0.25, -0.2) is 4.79 Å². The van der Waals surface area contributed by atoms with Crippen LogP contribution in [0.25, 0.3) is 0 Å². The number of ether oxygens (including phenoxy) is 2. The highest BCUT2D eigenvalue weighted by atomic mass is 79.9. The lowest BCUT2D eigenvalue weighted by atomic mass is 10.2.